The van der Waals surface area contributed by atoms with Gasteiger partial charge in [0.2, 0.25) is 5.91 Å². The van der Waals surface area contributed by atoms with Gasteiger partial charge in [-0.05, 0) is 25.7 Å². The minimum Gasteiger partial charge on any atom is -0.396 e. The van der Waals surface area contributed by atoms with E-state index in [0.29, 0.717) is 6.42 Å². The summed E-state index contributed by atoms with van der Waals surface area (Å²) in [5.41, 5.74) is 1.76. The summed E-state index contributed by atoms with van der Waals surface area (Å²) in [5.74, 6) is 0.0488. The molecule has 2 aromatic rings. The van der Waals surface area contributed by atoms with Gasteiger partial charge in [-0.15, -0.1) is 5.10 Å². The van der Waals surface area contributed by atoms with Gasteiger partial charge in [0.15, 0.2) is 0 Å². The third-order valence-corrected chi connectivity index (χ3v) is 4.32. The Morgan fingerprint density at radius 2 is 2.09 bits per heavy atom. The molecule has 1 saturated heterocycles. The maximum absolute atomic E-state index is 12.6. The fourth-order valence-electron chi connectivity index (χ4n) is 3.12. The minimum atomic E-state index is 0.0488. The molecule has 1 N–H and O–H groups in total. The molecule has 0 aliphatic carbocycles. The van der Waals surface area contributed by atoms with Crippen molar-refractivity contribution in [1.29, 1.82) is 0 Å². The lowest BCUT2D eigenvalue weighted by Crippen LogP contribution is -2.45. The van der Waals surface area contributed by atoms with Crippen LogP contribution in [-0.4, -0.2) is 50.1 Å². The number of likely N-dealkylation sites (tertiary alicyclic amines) is 1. The molecule has 3 rings (SSSR count). The molecule has 1 aliphatic rings. The highest BCUT2D eigenvalue weighted by molar-refractivity contribution is 5.76. The second-order valence-corrected chi connectivity index (χ2v) is 5.92. The Balaban J connectivity index is 1.67. The number of benzene rings is 1. The quantitative estimate of drug-likeness (QED) is 0.912. The third-order valence-electron chi connectivity index (χ3n) is 4.32. The van der Waals surface area contributed by atoms with E-state index in [1.54, 1.807) is 10.9 Å². The van der Waals surface area contributed by atoms with Gasteiger partial charge < -0.3 is 10.0 Å². The largest absolute Gasteiger partial charge is 0.396 e. The minimum absolute atomic E-state index is 0.0488. The predicted molar refractivity (Wildman–Crippen MR) is 86.5 cm³/mol. The molecule has 0 spiro atoms. The van der Waals surface area contributed by atoms with Crippen molar-refractivity contribution < 1.29 is 9.90 Å². The molecule has 23 heavy (non-hydrogen) atoms. The van der Waals surface area contributed by atoms with Crippen LogP contribution in [0.4, 0.5) is 0 Å². The van der Waals surface area contributed by atoms with Crippen LogP contribution >= 0.6 is 0 Å². The first-order valence-electron chi connectivity index (χ1n) is 8.14. The number of hydrogen-bond acceptors (Lipinski definition) is 4. The van der Waals surface area contributed by atoms with Crippen LogP contribution in [0.15, 0.2) is 36.5 Å². The average Bonchev–Trinajstić information content (AvgIpc) is 3.05. The summed E-state index contributed by atoms with van der Waals surface area (Å²) >= 11 is 0. The summed E-state index contributed by atoms with van der Waals surface area (Å²) in [6.45, 7) is 1.08. The van der Waals surface area contributed by atoms with Crippen LogP contribution in [0.5, 0.6) is 0 Å². The summed E-state index contributed by atoms with van der Waals surface area (Å²) in [4.78, 5) is 14.4. The molecular weight excluding hydrogens is 292 g/mol. The molecule has 6 nitrogen and oxygen atoms in total. The van der Waals surface area contributed by atoms with Gasteiger partial charge in [0.05, 0.1) is 6.20 Å². The summed E-state index contributed by atoms with van der Waals surface area (Å²) < 4.78 is 1.59. The number of amides is 1. The zero-order chi connectivity index (χ0) is 16.1. The zero-order valence-corrected chi connectivity index (χ0v) is 13.1. The molecular formula is C17H22N4O2. The number of aliphatic hydroxyl groups excluding tert-OH is 1. The van der Waals surface area contributed by atoms with Crippen LogP contribution in [0, 0.1) is 0 Å². The van der Waals surface area contributed by atoms with Crippen LogP contribution in [-0.2, 0) is 11.3 Å². The second kappa shape index (κ2) is 7.37. The van der Waals surface area contributed by atoms with Crippen LogP contribution in [0.3, 0.4) is 0 Å². The smallest absolute Gasteiger partial charge is 0.244 e. The summed E-state index contributed by atoms with van der Waals surface area (Å²) in [7, 11) is 0. The van der Waals surface area contributed by atoms with E-state index in [9.17, 15) is 9.90 Å². The standard InChI is InChI=1S/C17H22N4O2/c22-11-9-15-8-4-5-10-21(15)17(23)13-20-12-16(18-19-20)14-6-2-1-3-7-14/h1-3,6-7,12,15,22H,4-5,8-11,13H2. The van der Waals surface area contributed by atoms with Crippen LogP contribution in [0.1, 0.15) is 25.7 Å². The van der Waals surface area contributed by atoms with Crippen molar-refractivity contribution in [2.75, 3.05) is 13.2 Å². The molecule has 2 heterocycles. The Morgan fingerprint density at radius 3 is 2.87 bits per heavy atom. The summed E-state index contributed by atoms with van der Waals surface area (Å²) in [6.07, 6.45) is 5.58. The highest BCUT2D eigenvalue weighted by Gasteiger charge is 2.26. The number of aromatic nitrogens is 3. The lowest BCUT2D eigenvalue weighted by molar-refractivity contribution is -0.136. The molecule has 0 bridgehead atoms. The summed E-state index contributed by atoms with van der Waals surface area (Å²) in [6, 6.07) is 9.95. The van der Waals surface area contributed by atoms with E-state index in [0.717, 1.165) is 37.1 Å². The first-order valence-corrected chi connectivity index (χ1v) is 8.14. The SMILES string of the molecule is O=C(Cn1cc(-c2ccccc2)nn1)N1CCCCC1CCO. The van der Waals surface area contributed by atoms with Crippen molar-refractivity contribution >= 4 is 5.91 Å². The van der Waals surface area contributed by atoms with Gasteiger partial charge in [0.1, 0.15) is 12.2 Å². The van der Waals surface area contributed by atoms with E-state index in [1.165, 1.54) is 0 Å². The van der Waals surface area contributed by atoms with Gasteiger partial charge in [-0.3, -0.25) is 4.79 Å². The van der Waals surface area contributed by atoms with E-state index < -0.39 is 0 Å². The van der Waals surface area contributed by atoms with Crippen LogP contribution in [0.25, 0.3) is 11.3 Å². The van der Waals surface area contributed by atoms with Gasteiger partial charge in [-0.25, -0.2) is 4.68 Å². The van der Waals surface area contributed by atoms with Crippen molar-refractivity contribution in [1.82, 2.24) is 19.9 Å². The van der Waals surface area contributed by atoms with E-state index in [1.807, 2.05) is 35.2 Å². The lowest BCUT2D eigenvalue weighted by Gasteiger charge is -2.35. The number of hydrogen-bond donors (Lipinski definition) is 1. The van der Waals surface area contributed by atoms with Gasteiger partial charge in [-0.1, -0.05) is 35.5 Å². The monoisotopic (exact) mass is 314 g/mol. The Labute approximate surface area is 135 Å². The maximum atomic E-state index is 12.6. The number of nitrogens with zero attached hydrogens (tertiary/aromatic N) is 4. The van der Waals surface area contributed by atoms with Crippen molar-refractivity contribution in [3.8, 4) is 11.3 Å². The Bertz CT molecular complexity index is 639. The van der Waals surface area contributed by atoms with Crippen molar-refractivity contribution in [3.63, 3.8) is 0 Å². The van der Waals surface area contributed by atoms with E-state index in [2.05, 4.69) is 10.3 Å². The molecule has 1 unspecified atom stereocenters. The number of piperidine rings is 1. The molecule has 1 aromatic carbocycles. The van der Waals surface area contributed by atoms with E-state index in [-0.39, 0.29) is 25.1 Å². The van der Waals surface area contributed by atoms with Gasteiger partial charge in [0.25, 0.3) is 0 Å². The normalized spacial score (nSPS) is 18.1. The molecule has 1 aromatic heterocycles. The molecule has 1 fully saturated rings. The highest BCUT2D eigenvalue weighted by Crippen LogP contribution is 2.20. The number of rotatable bonds is 5. The predicted octanol–water partition coefficient (Wildman–Crippen LogP) is 1.71. The van der Waals surface area contributed by atoms with Gasteiger partial charge in [-0.2, -0.15) is 0 Å². The Hall–Kier alpha value is -2.21. The van der Waals surface area contributed by atoms with Crippen LogP contribution < -0.4 is 0 Å². The topological polar surface area (TPSA) is 71.2 Å². The molecule has 1 atom stereocenters. The van der Waals surface area contributed by atoms with Crippen LogP contribution in [0.2, 0.25) is 0 Å². The average molecular weight is 314 g/mol. The van der Waals surface area contributed by atoms with Crippen molar-refractivity contribution in [3.05, 3.63) is 36.5 Å². The zero-order valence-electron chi connectivity index (χ0n) is 13.1. The molecule has 1 amide bonds. The summed E-state index contributed by atoms with van der Waals surface area (Å²) in [5, 5.41) is 17.4. The molecule has 6 heteroatoms. The fraction of sp³-hybridized carbons (Fsp3) is 0.471. The van der Waals surface area contributed by atoms with Gasteiger partial charge in [0, 0.05) is 24.8 Å². The molecule has 0 saturated carbocycles. The molecule has 1 aliphatic heterocycles. The highest BCUT2D eigenvalue weighted by atomic mass is 16.3. The fourth-order valence-corrected chi connectivity index (χ4v) is 3.12. The lowest BCUT2D eigenvalue weighted by atomic mass is 9.99. The first-order chi connectivity index (χ1) is 11.3. The maximum Gasteiger partial charge on any atom is 0.244 e. The second-order valence-electron chi connectivity index (χ2n) is 5.92. The molecule has 122 valence electrons. The van der Waals surface area contributed by atoms with Crippen molar-refractivity contribution in [2.24, 2.45) is 0 Å². The Kier molecular flexibility index (Phi) is 5.02. The Morgan fingerprint density at radius 1 is 1.26 bits per heavy atom. The van der Waals surface area contributed by atoms with E-state index in [4.69, 9.17) is 0 Å². The number of carbonyl (C=O) groups is 1. The van der Waals surface area contributed by atoms with E-state index >= 15 is 0 Å². The van der Waals surface area contributed by atoms with Crippen molar-refractivity contribution in [2.45, 2.75) is 38.3 Å². The van der Waals surface area contributed by atoms with Gasteiger partial charge >= 0.3 is 0 Å². The number of aliphatic hydroxyl groups is 1. The number of carbonyl (C=O) groups excluding carboxylic acids is 1. The molecule has 0 radical (unpaired) electrons. The first kappa shape index (κ1) is 15.7. The third kappa shape index (κ3) is 3.76.